The number of morpholine rings is 1. The molecule has 0 aliphatic carbocycles. The fourth-order valence-electron chi connectivity index (χ4n) is 4.25. The van der Waals surface area contributed by atoms with Gasteiger partial charge in [0.1, 0.15) is 23.6 Å². The Bertz CT molecular complexity index is 1190. The Morgan fingerprint density at radius 2 is 1.89 bits per heavy atom. The number of piperidine rings is 1. The molecule has 0 unspecified atom stereocenters. The Morgan fingerprint density at radius 3 is 2.60 bits per heavy atom. The number of ether oxygens (including phenoxy) is 1. The lowest BCUT2D eigenvalue weighted by Gasteiger charge is -2.26. The van der Waals surface area contributed by atoms with Gasteiger partial charge >= 0.3 is 6.18 Å². The van der Waals surface area contributed by atoms with Gasteiger partial charge in [-0.2, -0.15) is 13.2 Å². The van der Waals surface area contributed by atoms with E-state index in [0.29, 0.717) is 24.5 Å². The van der Waals surface area contributed by atoms with E-state index in [4.69, 9.17) is 4.74 Å². The number of hydrogen-bond acceptors (Lipinski definition) is 7. The highest BCUT2D eigenvalue weighted by Crippen LogP contribution is 2.36. The van der Waals surface area contributed by atoms with E-state index in [9.17, 15) is 18.0 Å². The number of aromatic nitrogens is 4. The van der Waals surface area contributed by atoms with E-state index in [2.05, 4.69) is 25.6 Å². The van der Waals surface area contributed by atoms with Crippen LogP contribution < -0.4 is 15.5 Å². The van der Waals surface area contributed by atoms with Gasteiger partial charge in [-0.25, -0.2) is 15.0 Å². The van der Waals surface area contributed by atoms with E-state index in [1.807, 2.05) is 4.57 Å². The van der Waals surface area contributed by atoms with E-state index in [0.717, 1.165) is 32.1 Å². The van der Waals surface area contributed by atoms with Crippen molar-refractivity contribution >= 4 is 23.2 Å². The van der Waals surface area contributed by atoms with Gasteiger partial charge in [0.05, 0.1) is 12.9 Å². The van der Waals surface area contributed by atoms with E-state index in [1.54, 1.807) is 41.7 Å². The summed E-state index contributed by atoms with van der Waals surface area (Å²) in [5.74, 6) is -0.115. The highest BCUT2D eigenvalue weighted by Gasteiger charge is 2.36. The molecule has 2 N–H and O–H groups in total. The molecule has 184 valence electrons. The number of rotatable bonds is 5. The molecule has 5 rings (SSSR count). The molecule has 0 spiro atoms. The van der Waals surface area contributed by atoms with Gasteiger partial charge in [0.15, 0.2) is 0 Å². The van der Waals surface area contributed by atoms with Gasteiger partial charge in [-0.3, -0.25) is 4.79 Å². The van der Waals surface area contributed by atoms with E-state index < -0.39 is 11.7 Å². The zero-order valence-corrected chi connectivity index (χ0v) is 18.8. The molecule has 12 heteroatoms. The number of nitrogens with one attached hydrogen (secondary N) is 2. The number of carbonyl (C=O) groups excluding carboxylic acids is 1. The molecular weight excluding hydrogens is 463 g/mol. The number of amides is 1. The minimum Gasteiger partial charge on any atom is -0.370 e. The van der Waals surface area contributed by atoms with Crippen LogP contribution in [0.5, 0.6) is 0 Å². The maximum Gasteiger partial charge on any atom is 0.420 e. The summed E-state index contributed by atoms with van der Waals surface area (Å²) in [6.07, 6.45) is 1.08. The SMILES string of the molecule is O=C1COCCN1c1ccc(Nc2ncc(C(F)(F)F)c(-c3cn(C4CCNCC4)cn3)n2)cc1. The molecular formula is C23H24F3N7O2. The molecule has 2 aliphatic heterocycles. The van der Waals surface area contributed by atoms with Crippen molar-refractivity contribution in [3.8, 4) is 11.4 Å². The van der Waals surface area contributed by atoms with E-state index in [-0.39, 0.29) is 35.9 Å². The van der Waals surface area contributed by atoms with Gasteiger partial charge in [0, 0.05) is 36.4 Å². The second-order valence-corrected chi connectivity index (χ2v) is 8.41. The average molecular weight is 487 g/mol. The normalized spacial score (nSPS) is 17.6. The highest BCUT2D eigenvalue weighted by atomic mass is 19.4. The minimum atomic E-state index is -4.63. The van der Waals surface area contributed by atoms with Crippen LogP contribution in [0.1, 0.15) is 24.4 Å². The summed E-state index contributed by atoms with van der Waals surface area (Å²) in [7, 11) is 0. The standard InChI is InChI=1S/C23H24F3N7O2/c24-23(25,26)18-11-28-22(30-15-1-3-17(4-2-15)33-9-10-35-13-20(33)34)31-21(18)19-12-32(14-29-19)16-5-7-27-8-6-16/h1-4,11-12,14,16,27H,5-10,13H2,(H,28,30,31). The van der Waals surface area contributed by atoms with Crippen molar-refractivity contribution in [3.05, 3.63) is 48.5 Å². The van der Waals surface area contributed by atoms with Crippen LogP contribution >= 0.6 is 0 Å². The molecule has 1 aromatic carbocycles. The lowest BCUT2D eigenvalue weighted by atomic mass is 10.1. The first-order valence-corrected chi connectivity index (χ1v) is 11.3. The Morgan fingerprint density at radius 1 is 1.11 bits per heavy atom. The summed E-state index contributed by atoms with van der Waals surface area (Å²) < 4.78 is 48.2. The molecule has 3 aromatic rings. The molecule has 4 heterocycles. The predicted molar refractivity (Wildman–Crippen MR) is 122 cm³/mol. The average Bonchev–Trinajstić information content (AvgIpc) is 3.35. The van der Waals surface area contributed by atoms with Crippen molar-refractivity contribution < 1.29 is 22.7 Å². The molecule has 0 saturated carbocycles. The van der Waals surface area contributed by atoms with Crippen LogP contribution in [0, 0.1) is 0 Å². The molecule has 1 amide bonds. The molecule has 9 nitrogen and oxygen atoms in total. The maximum atomic E-state index is 13.7. The fourth-order valence-corrected chi connectivity index (χ4v) is 4.25. The van der Waals surface area contributed by atoms with Crippen LogP contribution in [0.4, 0.5) is 30.5 Å². The van der Waals surface area contributed by atoms with Crippen molar-refractivity contribution in [1.29, 1.82) is 0 Å². The van der Waals surface area contributed by atoms with Crippen LogP contribution in [0.15, 0.2) is 43.0 Å². The third kappa shape index (κ3) is 5.13. The molecule has 2 fully saturated rings. The number of imidazole rings is 1. The maximum absolute atomic E-state index is 13.7. The summed E-state index contributed by atoms with van der Waals surface area (Å²) in [6, 6.07) is 7.10. The first-order valence-electron chi connectivity index (χ1n) is 11.3. The van der Waals surface area contributed by atoms with Gasteiger partial charge in [-0.05, 0) is 50.2 Å². The molecule has 0 radical (unpaired) electrons. The monoisotopic (exact) mass is 487 g/mol. The molecule has 0 atom stereocenters. The van der Waals surface area contributed by atoms with Crippen molar-refractivity contribution in [2.45, 2.75) is 25.1 Å². The molecule has 35 heavy (non-hydrogen) atoms. The van der Waals surface area contributed by atoms with Crippen LogP contribution in [0.2, 0.25) is 0 Å². The quantitative estimate of drug-likeness (QED) is 0.570. The lowest BCUT2D eigenvalue weighted by Crippen LogP contribution is -2.41. The van der Waals surface area contributed by atoms with Crippen molar-refractivity contribution in [2.75, 3.05) is 43.1 Å². The molecule has 2 aromatic heterocycles. The Labute approximate surface area is 199 Å². The van der Waals surface area contributed by atoms with Crippen LogP contribution in [-0.4, -0.2) is 58.3 Å². The van der Waals surface area contributed by atoms with Crippen molar-refractivity contribution in [2.24, 2.45) is 0 Å². The highest BCUT2D eigenvalue weighted by molar-refractivity contribution is 5.95. The number of hydrogen-bond donors (Lipinski definition) is 2. The van der Waals surface area contributed by atoms with Crippen LogP contribution in [-0.2, 0) is 15.7 Å². The van der Waals surface area contributed by atoms with Gasteiger partial charge < -0.3 is 24.8 Å². The zero-order valence-electron chi connectivity index (χ0n) is 18.8. The minimum absolute atomic E-state index is 0.0135. The number of alkyl halides is 3. The third-order valence-electron chi connectivity index (χ3n) is 6.09. The van der Waals surface area contributed by atoms with Gasteiger partial charge in [-0.15, -0.1) is 0 Å². The molecule has 2 aliphatic rings. The summed E-state index contributed by atoms with van der Waals surface area (Å²) in [4.78, 5) is 25.9. The van der Waals surface area contributed by atoms with Gasteiger partial charge in [0.25, 0.3) is 5.91 Å². The second kappa shape index (κ2) is 9.62. The smallest absolute Gasteiger partial charge is 0.370 e. The van der Waals surface area contributed by atoms with E-state index in [1.165, 1.54) is 0 Å². The Hall–Kier alpha value is -3.51. The fraction of sp³-hybridized carbons (Fsp3) is 0.391. The number of carbonyl (C=O) groups is 1. The summed E-state index contributed by atoms with van der Waals surface area (Å²) >= 11 is 0. The topological polar surface area (TPSA) is 97.2 Å². The first kappa shape index (κ1) is 23.2. The second-order valence-electron chi connectivity index (χ2n) is 8.41. The Balaban J connectivity index is 1.39. The number of halogens is 3. The molecule has 0 bridgehead atoms. The molecule has 2 saturated heterocycles. The number of nitrogens with zero attached hydrogens (tertiary/aromatic N) is 5. The van der Waals surface area contributed by atoms with Gasteiger partial charge in [0.2, 0.25) is 5.95 Å². The summed E-state index contributed by atoms with van der Waals surface area (Å²) in [5.41, 5.74) is 0.197. The Kier molecular flexibility index (Phi) is 6.39. The van der Waals surface area contributed by atoms with Crippen LogP contribution in [0.3, 0.4) is 0 Å². The predicted octanol–water partition coefficient (Wildman–Crippen LogP) is 3.39. The lowest BCUT2D eigenvalue weighted by molar-refractivity contribution is -0.137. The zero-order chi connectivity index (χ0) is 24.4. The third-order valence-corrected chi connectivity index (χ3v) is 6.09. The van der Waals surface area contributed by atoms with Crippen molar-refractivity contribution in [1.82, 2.24) is 24.8 Å². The summed E-state index contributed by atoms with van der Waals surface area (Å²) in [5, 5.41) is 6.21. The number of benzene rings is 1. The van der Waals surface area contributed by atoms with Gasteiger partial charge in [-0.1, -0.05) is 0 Å². The van der Waals surface area contributed by atoms with Crippen LogP contribution in [0.25, 0.3) is 11.4 Å². The summed E-state index contributed by atoms with van der Waals surface area (Å²) in [6.45, 7) is 2.66. The first-order chi connectivity index (χ1) is 16.9. The number of anilines is 3. The van der Waals surface area contributed by atoms with E-state index >= 15 is 0 Å². The van der Waals surface area contributed by atoms with Crippen molar-refractivity contribution in [3.63, 3.8) is 0 Å². The largest absolute Gasteiger partial charge is 0.420 e.